The van der Waals surface area contributed by atoms with E-state index in [4.69, 9.17) is 0 Å². The van der Waals surface area contributed by atoms with Crippen molar-refractivity contribution >= 4 is 33.7 Å². The van der Waals surface area contributed by atoms with Crippen LogP contribution in [0.15, 0.2) is 48.0 Å². The van der Waals surface area contributed by atoms with Gasteiger partial charge in [0.15, 0.2) is 17.3 Å². The summed E-state index contributed by atoms with van der Waals surface area (Å²) in [5.74, 6) is -4.16. The van der Waals surface area contributed by atoms with E-state index in [-0.39, 0.29) is 32.9 Å². The van der Waals surface area contributed by atoms with Crippen LogP contribution in [-0.4, -0.2) is 26.6 Å². The lowest BCUT2D eigenvalue weighted by atomic mass is 10.0. The van der Waals surface area contributed by atoms with Crippen molar-refractivity contribution in [1.82, 2.24) is 9.61 Å². The SMILES string of the molecule is Cc1ccc(-c2csc(NC(=O)c3cc4ccccn4n3)c2C(=O)O)c(F)c1F. The number of carbonyl (C=O) groups is 2. The molecule has 0 saturated carbocycles. The Hall–Kier alpha value is -3.59. The van der Waals surface area contributed by atoms with Crippen molar-refractivity contribution in [3.05, 3.63) is 76.4 Å². The number of nitrogens with one attached hydrogen (secondary N) is 1. The lowest BCUT2D eigenvalue weighted by Gasteiger charge is -2.07. The summed E-state index contributed by atoms with van der Waals surface area (Å²) in [5.41, 5.74) is 0.391. The Bertz CT molecular complexity index is 1250. The molecule has 29 heavy (non-hydrogen) atoms. The summed E-state index contributed by atoms with van der Waals surface area (Å²) in [6.45, 7) is 1.41. The Morgan fingerprint density at radius 1 is 1.14 bits per heavy atom. The average Bonchev–Trinajstić information content (AvgIpc) is 3.30. The van der Waals surface area contributed by atoms with Crippen molar-refractivity contribution in [3.63, 3.8) is 0 Å². The molecule has 0 aliphatic rings. The Labute approximate surface area is 167 Å². The number of fused-ring (bicyclic) bond motifs is 1. The molecule has 4 aromatic rings. The van der Waals surface area contributed by atoms with Crippen molar-refractivity contribution < 1.29 is 23.5 Å². The molecule has 3 heterocycles. The molecular formula is C20H13F2N3O3S. The number of aryl methyl sites for hydroxylation is 1. The number of halogens is 2. The summed E-state index contributed by atoms with van der Waals surface area (Å²) in [6, 6.07) is 9.55. The van der Waals surface area contributed by atoms with Crippen LogP contribution in [0.1, 0.15) is 26.4 Å². The molecule has 6 nitrogen and oxygen atoms in total. The number of aromatic carboxylic acids is 1. The number of carboxylic acids is 1. The van der Waals surface area contributed by atoms with E-state index in [1.165, 1.54) is 29.0 Å². The minimum Gasteiger partial charge on any atom is -0.478 e. The van der Waals surface area contributed by atoms with E-state index < -0.39 is 23.5 Å². The van der Waals surface area contributed by atoms with E-state index in [0.29, 0.717) is 5.52 Å². The summed E-state index contributed by atoms with van der Waals surface area (Å²) >= 11 is 0.912. The minimum absolute atomic E-state index is 0.00920. The smallest absolute Gasteiger partial charge is 0.339 e. The second-order valence-electron chi connectivity index (χ2n) is 6.27. The molecule has 4 rings (SSSR count). The fourth-order valence-electron chi connectivity index (χ4n) is 2.93. The van der Waals surface area contributed by atoms with Crippen molar-refractivity contribution in [3.8, 4) is 11.1 Å². The molecule has 9 heteroatoms. The third-order valence-corrected chi connectivity index (χ3v) is 5.30. The largest absolute Gasteiger partial charge is 0.478 e. The van der Waals surface area contributed by atoms with Gasteiger partial charge in [-0.1, -0.05) is 18.2 Å². The number of hydrogen-bond donors (Lipinski definition) is 2. The van der Waals surface area contributed by atoms with E-state index in [1.54, 1.807) is 30.5 Å². The van der Waals surface area contributed by atoms with Crippen LogP contribution in [0.2, 0.25) is 0 Å². The first-order chi connectivity index (χ1) is 13.9. The molecule has 0 bridgehead atoms. The van der Waals surface area contributed by atoms with E-state index in [2.05, 4.69) is 10.4 Å². The molecule has 0 spiro atoms. The maximum atomic E-state index is 14.4. The number of hydrogen-bond acceptors (Lipinski definition) is 4. The summed E-state index contributed by atoms with van der Waals surface area (Å²) in [7, 11) is 0. The zero-order valence-corrected chi connectivity index (χ0v) is 15.8. The molecule has 146 valence electrons. The van der Waals surface area contributed by atoms with Gasteiger partial charge in [-0.25, -0.2) is 18.1 Å². The number of aromatic nitrogens is 2. The van der Waals surface area contributed by atoms with E-state index >= 15 is 0 Å². The van der Waals surface area contributed by atoms with Crippen molar-refractivity contribution in [2.45, 2.75) is 6.92 Å². The van der Waals surface area contributed by atoms with Gasteiger partial charge in [-0.15, -0.1) is 11.3 Å². The predicted octanol–water partition coefficient (Wildman–Crippen LogP) is 4.60. The summed E-state index contributed by atoms with van der Waals surface area (Å²) in [5, 5.41) is 17.7. The first kappa shape index (κ1) is 18.8. The molecule has 0 aliphatic heterocycles. The van der Waals surface area contributed by atoms with Crippen molar-refractivity contribution in [1.29, 1.82) is 0 Å². The normalized spacial score (nSPS) is 11.0. The molecule has 0 saturated heterocycles. The third-order valence-electron chi connectivity index (χ3n) is 4.40. The molecule has 1 aromatic carbocycles. The molecule has 0 atom stereocenters. The molecule has 0 radical (unpaired) electrons. The van der Waals surface area contributed by atoms with Crippen molar-refractivity contribution in [2.24, 2.45) is 0 Å². The van der Waals surface area contributed by atoms with Crippen molar-refractivity contribution in [2.75, 3.05) is 5.32 Å². The second-order valence-corrected chi connectivity index (χ2v) is 7.15. The highest BCUT2D eigenvalue weighted by Crippen LogP contribution is 2.38. The highest BCUT2D eigenvalue weighted by Gasteiger charge is 2.25. The quantitative estimate of drug-likeness (QED) is 0.512. The number of amides is 1. The third kappa shape index (κ3) is 3.25. The van der Waals surface area contributed by atoms with Crippen LogP contribution in [0.5, 0.6) is 0 Å². The highest BCUT2D eigenvalue weighted by atomic mass is 32.1. The van der Waals surface area contributed by atoms with Gasteiger partial charge in [-0.3, -0.25) is 4.79 Å². The van der Waals surface area contributed by atoms with Crippen LogP contribution in [0.4, 0.5) is 13.8 Å². The van der Waals surface area contributed by atoms with Gasteiger partial charge in [-0.05, 0) is 30.7 Å². The van der Waals surface area contributed by atoms with Crippen LogP contribution in [0.3, 0.4) is 0 Å². The lowest BCUT2D eigenvalue weighted by Crippen LogP contribution is -2.14. The Morgan fingerprint density at radius 3 is 2.66 bits per heavy atom. The fourth-order valence-corrected chi connectivity index (χ4v) is 3.88. The second kappa shape index (κ2) is 7.10. The number of carbonyl (C=O) groups excluding carboxylic acids is 1. The van der Waals surface area contributed by atoms with Gasteiger partial charge in [-0.2, -0.15) is 5.10 Å². The van der Waals surface area contributed by atoms with Crippen LogP contribution in [0, 0.1) is 18.6 Å². The number of pyridine rings is 1. The summed E-state index contributed by atoms with van der Waals surface area (Å²) < 4.78 is 29.8. The molecule has 2 N–H and O–H groups in total. The van der Waals surface area contributed by atoms with Crippen LogP contribution >= 0.6 is 11.3 Å². The number of rotatable bonds is 4. The van der Waals surface area contributed by atoms with E-state index in [1.807, 2.05) is 0 Å². The molecule has 0 fully saturated rings. The Morgan fingerprint density at radius 2 is 1.93 bits per heavy atom. The first-order valence-corrected chi connectivity index (χ1v) is 9.30. The molecule has 3 aromatic heterocycles. The summed E-state index contributed by atoms with van der Waals surface area (Å²) in [4.78, 5) is 24.4. The lowest BCUT2D eigenvalue weighted by molar-refractivity contribution is 0.0699. The zero-order chi connectivity index (χ0) is 20.7. The molecule has 0 unspecified atom stereocenters. The highest BCUT2D eigenvalue weighted by molar-refractivity contribution is 7.15. The topological polar surface area (TPSA) is 83.7 Å². The number of benzene rings is 1. The van der Waals surface area contributed by atoms with Gasteiger partial charge < -0.3 is 10.4 Å². The maximum Gasteiger partial charge on any atom is 0.339 e. The number of nitrogens with zero attached hydrogens (tertiary/aromatic N) is 2. The van der Waals surface area contributed by atoms with Gasteiger partial charge in [0.05, 0.1) is 5.52 Å². The average molecular weight is 413 g/mol. The van der Waals surface area contributed by atoms with Gasteiger partial charge in [0.1, 0.15) is 10.6 Å². The number of carboxylic acid groups (broad SMARTS) is 1. The predicted molar refractivity (Wildman–Crippen MR) is 105 cm³/mol. The fraction of sp³-hybridized carbons (Fsp3) is 0.0500. The van der Waals surface area contributed by atoms with Gasteiger partial charge in [0.2, 0.25) is 0 Å². The maximum absolute atomic E-state index is 14.4. The summed E-state index contributed by atoms with van der Waals surface area (Å²) in [6.07, 6.45) is 1.67. The zero-order valence-electron chi connectivity index (χ0n) is 14.9. The Kier molecular flexibility index (Phi) is 4.59. The van der Waals surface area contributed by atoms with Crippen LogP contribution < -0.4 is 5.32 Å². The number of anilines is 1. The first-order valence-electron chi connectivity index (χ1n) is 8.42. The molecule has 1 amide bonds. The monoisotopic (exact) mass is 413 g/mol. The van der Waals surface area contributed by atoms with Crippen LogP contribution in [0.25, 0.3) is 16.6 Å². The van der Waals surface area contributed by atoms with Gasteiger partial charge in [0, 0.05) is 22.7 Å². The molecular weight excluding hydrogens is 400 g/mol. The number of thiophene rings is 1. The van der Waals surface area contributed by atoms with E-state index in [0.717, 1.165) is 11.3 Å². The van der Waals surface area contributed by atoms with E-state index in [9.17, 15) is 23.5 Å². The van der Waals surface area contributed by atoms with Crippen LogP contribution in [-0.2, 0) is 0 Å². The minimum atomic E-state index is -1.37. The molecule has 0 aliphatic carbocycles. The standard InChI is InChI=1S/C20H13F2N3O3S/c1-10-5-6-12(17(22)16(10)21)13-9-29-19(15(13)20(27)28)23-18(26)14-8-11-4-2-3-7-25(11)24-14/h2-9H,1H3,(H,23,26)(H,27,28). The Balaban J connectivity index is 1.73. The van der Waals surface area contributed by atoms with Gasteiger partial charge >= 0.3 is 5.97 Å². The van der Waals surface area contributed by atoms with Gasteiger partial charge in [0.25, 0.3) is 5.91 Å².